The van der Waals surface area contributed by atoms with Crippen molar-refractivity contribution < 1.29 is 4.79 Å². The van der Waals surface area contributed by atoms with Crippen LogP contribution in [0.1, 0.15) is 32.6 Å². The summed E-state index contributed by atoms with van der Waals surface area (Å²) in [5.41, 5.74) is 0. The molecule has 0 radical (unpaired) electrons. The van der Waals surface area contributed by atoms with Gasteiger partial charge in [-0.25, -0.2) is 0 Å². The highest BCUT2D eigenvalue weighted by Crippen LogP contribution is 2.00. The third-order valence-electron chi connectivity index (χ3n) is 1.34. The standard InChI is InChI=1S/C7H14ClNO/c1-2-3-4-5-6-9(8)7-10/h7H,2-6H2,1H3. The molecule has 0 spiro atoms. The number of carbonyl (C=O) groups is 1. The molecule has 0 aliphatic carbocycles. The number of hydrogen-bond acceptors (Lipinski definition) is 1. The molecule has 0 saturated carbocycles. The fraction of sp³-hybridized carbons (Fsp3) is 0.857. The smallest absolute Gasteiger partial charge is 0.224 e. The summed E-state index contributed by atoms with van der Waals surface area (Å²) < 4.78 is 1.16. The van der Waals surface area contributed by atoms with Gasteiger partial charge in [-0.1, -0.05) is 26.2 Å². The summed E-state index contributed by atoms with van der Waals surface area (Å²) in [6.07, 6.45) is 5.25. The van der Waals surface area contributed by atoms with E-state index in [4.69, 9.17) is 11.8 Å². The molecule has 0 aromatic rings. The minimum atomic E-state index is 0.646. The van der Waals surface area contributed by atoms with Crippen LogP contribution in [0.15, 0.2) is 0 Å². The lowest BCUT2D eigenvalue weighted by Crippen LogP contribution is -2.10. The largest absolute Gasteiger partial charge is 0.277 e. The SMILES string of the molecule is CCCCCCN(Cl)C=O. The van der Waals surface area contributed by atoms with Gasteiger partial charge in [-0.05, 0) is 6.42 Å². The van der Waals surface area contributed by atoms with Gasteiger partial charge in [0.15, 0.2) is 0 Å². The molecule has 0 saturated heterocycles. The molecule has 1 amide bonds. The van der Waals surface area contributed by atoms with Gasteiger partial charge < -0.3 is 0 Å². The van der Waals surface area contributed by atoms with Crippen LogP contribution < -0.4 is 0 Å². The average Bonchev–Trinajstić information content (AvgIpc) is 1.98. The van der Waals surface area contributed by atoms with Gasteiger partial charge in [0.1, 0.15) is 0 Å². The van der Waals surface area contributed by atoms with Gasteiger partial charge in [-0.15, -0.1) is 0 Å². The number of nitrogens with zero attached hydrogens (tertiary/aromatic N) is 1. The second-order valence-electron chi connectivity index (χ2n) is 2.29. The highest BCUT2D eigenvalue weighted by atomic mass is 35.5. The zero-order chi connectivity index (χ0) is 7.82. The van der Waals surface area contributed by atoms with Crippen molar-refractivity contribution >= 4 is 18.2 Å². The minimum absolute atomic E-state index is 0.646. The highest BCUT2D eigenvalue weighted by molar-refractivity contribution is 6.18. The molecule has 0 N–H and O–H groups in total. The van der Waals surface area contributed by atoms with E-state index in [9.17, 15) is 4.79 Å². The molecule has 60 valence electrons. The third-order valence-corrected chi connectivity index (χ3v) is 1.59. The van der Waals surface area contributed by atoms with Crippen LogP contribution in [0, 0.1) is 0 Å². The zero-order valence-electron chi connectivity index (χ0n) is 6.35. The van der Waals surface area contributed by atoms with E-state index in [1.807, 2.05) is 0 Å². The zero-order valence-corrected chi connectivity index (χ0v) is 7.10. The number of amides is 1. The van der Waals surface area contributed by atoms with Crippen LogP contribution in [0.25, 0.3) is 0 Å². The van der Waals surface area contributed by atoms with Crippen molar-refractivity contribution in [1.82, 2.24) is 4.42 Å². The maximum Gasteiger partial charge on any atom is 0.224 e. The predicted octanol–water partition coefficient (Wildman–Crippen LogP) is 2.18. The van der Waals surface area contributed by atoms with Crippen molar-refractivity contribution in [2.24, 2.45) is 0 Å². The molecule has 2 nitrogen and oxygen atoms in total. The molecule has 0 rings (SSSR count). The Labute approximate surface area is 67.3 Å². The fourth-order valence-corrected chi connectivity index (χ4v) is 0.862. The summed E-state index contributed by atoms with van der Waals surface area (Å²) in [7, 11) is 0. The van der Waals surface area contributed by atoms with Crippen molar-refractivity contribution in [2.45, 2.75) is 32.6 Å². The summed E-state index contributed by atoms with van der Waals surface area (Å²) in [5.74, 6) is 0. The summed E-state index contributed by atoms with van der Waals surface area (Å²) in [6, 6.07) is 0. The second kappa shape index (κ2) is 6.87. The average molecular weight is 164 g/mol. The molecule has 0 fully saturated rings. The monoisotopic (exact) mass is 163 g/mol. The van der Waals surface area contributed by atoms with E-state index in [0.717, 1.165) is 17.3 Å². The van der Waals surface area contributed by atoms with Gasteiger partial charge in [0.2, 0.25) is 6.41 Å². The number of carbonyl (C=O) groups excluding carboxylic acids is 1. The molecule has 0 bridgehead atoms. The van der Waals surface area contributed by atoms with Crippen molar-refractivity contribution in [3.8, 4) is 0 Å². The lowest BCUT2D eigenvalue weighted by molar-refractivity contribution is -0.114. The van der Waals surface area contributed by atoms with Crippen LogP contribution in [0.3, 0.4) is 0 Å². The molecule has 0 aromatic heterocycles. The van der Waals surface area contributed by atoms with E-state index in [1.54, 1.807) is 0 Å². The number of rotatable bonds is 6. The Hall–Kier alpha value is -0.240. The number of halogens is 1. The van der Waals surface area contributed by atoms with Crippen LogP contribution >= 0.6 is 11.8 Å². The Morgan fingerprint density at radius 3 is 2.60 bits per heavy atom. The lowest BCUT2D eigenvalue weighted by Gasteiger charge is -2.04. The summed E-state index contributed by atoms with van der Waals surface area (Å²) in [5, 5.41) is 0. The normalized spacial score (nSPS) is 9.40. The van der Waals surface area contributed by atoms with Crippen LogP contribution in [0.4, 0.5) is 0 Å². The summed E-state index contributed by atoms with van der Waals surface area (Å²) >= 11 is 5.41. The van der Waals surface area contributed by atoms with Crippen LogP contribution in [-0.2, 0) is 4.79 Å². The van der Waals surface area contributed by atoms with Crippen molar-refractivity contribution in [3.05, 3.63) is 0 Å². The maximum atomic E-state index is 9.96. The van der Waals surface area contributed by atoms with Crippen molar-refractivity contribution in [3.63, 3.8) is 0 Å². The van der Waals surface area contributed by atoms with Crippen LogP contribution in [0.2, 0.25) is 0 Å². The molecular formula is C7H14ClNO. The van der Waals surface area contributed by atoms with E-state index in [2.05, 4.69) is 6.92 Å². The van der Waals surface area contributed by atoms with Gasteiger partial charge in [-0.2, -0.15) is 0 Å². The molecule has 0 aliphatic rings. The first kappa shape index (κ1) is 9.76. The topological polar surface area (TPSA) is 20.3 Å². The van der Waals surface area contributed by atoms with E-state index in [0.29, 0.717) is 13.0 Å². The summed E-state index contributed by atoms with van der Waals surface area (Å²) in [6.45, 7) is 2.82. The van der Waals surface area contributed by atoms with Crippen molar-refractivity contribution in [2.75, 3.05) is 6.54 Å². The Kier molecular flexibility index (Phi) is 6.71. The number of unbranched alkanes of at least 4 members (excludes halogenated alkanes) is 3. The van der Waals surface area contributed by atoms with E-state index in [1.165, 1.54) is 12.8 Å². The van der Waals surface area contributed by atoms with E-state index < -0.39 is 0 Å². The van der Waals surface area contributed by atoms with Gasteiger partial charge in [0.05, 0.1) is 0 Å². The molecule has 0 aliphatic heterocycles. The second-order valence-corrected chi connectivity index (χ2v) is 2.72. The summed E-state index contributed by atoms with van der Waals surface area (Å²) in [4.78, 5) is 9.96. The van der Waals surface area contributed by atoms with E-state index in [-0.39, 0.29) is 0 Å². The molecule has 0 unspecified atom stereocenters. The maximum absolute atomic E-state index is 9.96. The van der Waals surface area contributed by atoms with Gasteiger partial charge in [0, 0.05) is 18.3 Å². The Bertz CT molecular complexity index is 87.7. The quantitative estimate of drug-likeness (QED) is 0.334. The van der Waals surface area contributed by atoms with Gasteiger partial charge in [0.25, 0.3) is 0 Å². The minimum Gasteiger partial charge on any atom is -0.277 e. The van der Waals surface area contributed by atoms with Gasteiger partial charge in [-0.3, -0.25) is 9.21 Å². The van der Waals surface area contributed by atoms with Gasteiger partial charge >= 0.3 is 0 Å². The van der Waals surface area contributed by atoms with Crippen molar-refractivity contribution in [1.29, 1.82) is 0 Å². The van der Waals surface area contributed by atoms with E-state index >= 15 is 0 Å². The lowest BCUT2D eigenvalue weighted by atomic mass is 10.2. The first-order valence-electron chi connectivity index (χ1n) is 3.69. The Morgan fingerprint density at radius 1 is 1.40 bits per heavy atom. The van der Waals surface area contributed by atoms with Crippen LogP contribution in [-0.4, -0.2) is 17.4 Å². The molecule has 0 aromatic carbocycles. The first-order chi connectivity index (χ1) is 4.81. The molecule has 3 heteroatoms. The Balaban J connectivity index is 2.95. The number of hydrogen-bond donors (Lipinski definition) is 0. The molecule has 0 heterocycles. The highest BCUT2D eigenvalue weighted by Gasteiger charge is 1.93. The third kappa shape index (κ3) is 5.89. The molecular weight excluding hydrogens is 150 g/mol. The van der Waals surface area contributed by atoms with Crippen LogP contribution in [0.5, 0.6) is 0 Å². The molecule has 0 atom stereocenters. The fourth-order valence-electron chi connectivity index (χ4n) is 0.742. The predicted molar refractivity (Wildman–Crippen MR) is 42.8 cm³/mol. The first-order valence-corrected chi connectivity index (χ1v) is 4.02. The Morgan fingerprint density at radius 2 is 2.10 bits per heavy atom. The molecule has 10 heavy (non-hydrogen) atoms.